The van der Waals surface area contributed by atoms with Gasteiger partial charge in [0.15, 0.2) is 0 Å². The zero-order valence-corrected chi connectivity index (χ0v) is 13.7. The predicted octanol–water partition coefficient (Wildman–Crippen LogP) is 6.15. The summed E-state index contributed by atoms with van der Waals surface area (Å²) in [4.78, 5) is 3.20. The third kappa shape index (κ3) is 3.24. The van der Waals surface area contributed by atoms with E-state index in [0.29, 0.717) is 0 Å². The summed E-state index contributed by atoms with van der Waals surface area (Å²) in [7, 11) is 0. The highest BCUT2D eigenvalue weighted by molar-refractivity contribution is 5.84. The van der Waals surface area contributed by atoms with Crippen molar-refractivity contribution in [2.24, 2.45) is 0 Å². The maximum atomic E-state index is 13.5. The first kappa shape index (κ1) is 15.4. The molecule has 2 heteroatoms. The Morgan fingerprint density at radius 1 is 0.840 bits per heavy atom. The fourth-order valence-corrected chi connectivity index (χ4v) is 3.20. The molecule has 0 aliphatic heterocycles. The lowest BCUT2D eigenvalue weighted by molar-refractivity contribution is 0.629. The van der Waals surface area contributed by atoms with Gasteiger partial charge in [-0.05, 0) is 34.9 Å². The number of halogens is 1. The number of benzene rings is 3. The SMILES string of the molecule is Fc1ccc2c(C(/C=C/c3ccccc3)c3ccccc3)c[nH]c2c1. The maximum absolute atomic E-state index is 13.5. The lowest BCUT2D eigenvalue weighted by Gasteiger charge is -2.13. The Balaban J connectivity index is 1.81. The summed E-state index contributed by atoms with van der Waals surface area (Å²) in [5, 5.41) is 1.05. The second kappa shape index (κ2) is 6.78. The van der Waals surface area contributed by atoms with Gasteiger partial charge in [-0.25, -0.2) is 4.39 Å². The van der Waals surface area contributed by atoms with Crippen LogP contribution in [0, 0.1) is 5.82 Å². The van der Waals surface area contributed by atoms with Crippen molar-refractivity contribution in [2.75, 3.05) is 0 Å². The summed E-state index contributed by atoms with van der Waals surface area (Å²) in [6, 6.07) is 25.5. The maximum Gasteiger partial charge on any atom is 0.125 e. The number of aromatic nitrogens is 1. The lowest BCUT2D eigenvalue weighted by Crippen LogP contribution is -1.96. The quantitative estimate of drug-likeness (QED) is 0.462. The van der Waals surface area contributed by atoms with Crippen molar-refractivity contribution in [3.8, 4) is 0 Å². The van der Waals surface area contributed by atoms with Gasteiger partial charge in [0, 0.05) is 23.0 Å². The Morgan fingerprint density at radius 2 is 1.56 bits per heavy atom. The van der Waals surface area contributed by atoms with Crippen molar-refractivity contribution in [3.63, 3.8) is 0 Å². The highest BCUT2D eigenvalue weighted by atomic mass is 19.1. The van der Waals surface area contributed by atoms with E-state index >= 15 is 0 Å². The van der Waals surface area contributed by atoms with Crippen LogP contribution < -0.4 is 0 Å². The molecule has 1 heterocycles. The molecule has 1 nitrogen and oxygen atoms in total. The van der Waals surface area contributed by atoms with Crippen molar-refractivity contribution in [1.29, 1.82) is 0 Å². The van der Waals surface area contributed by atoms with E-state index in [1.54, 1.807) is 6.07 Å². The van der Waals surface area contributed by atoms with Crippen molar-refractivity contribution < 1.29 is 4.39 Å². The molecule has 25 heavy (non-hydrogen) atoms. The standard InChI is InChI=1S/C23H18FN/c24-19-12-14-21-22(16-25-23(21)15-19)20(18-9-5-2-6-10-18)13-11-17-7-3-1-4-8-17/h1-16,20,25H/b13-11+. The highest BCUT2D eigenvalue weighted by Crippen LogP contribution is 2.32. The van der Waals surface area contributed by atoms with Gasteiger partial charge in [-0.15, -0.1) is 0 Å². The van der Waals surface area contributed by atoms with Gasteiger partial charge >= 0.3 is 0 Å². The molecule has 4 aromatic rings. The highest BCUT2D eigenvalue weighted by Gasteiger charge is 2.15. The van der Waals surface area contributed by atoms with Gasteiger partial charge < -0.3 is 4.98 Å². The minimum atomic E-state index is -0.225. The van der Waals surface area contributed by atoms with Crippen molar-refractivity contribution in [3.05, 3.63) is 114 Å². The van der Waals surface area contributed by atoms with E-state index in [0.717, 1.165) is 22.0 Å². The lowest BCUT2D eigenvalue weighted by atomic mass is 9.90. The average Bonchev–Trinajstić information content (AvgIpc) is 3.06. The second-order valence-electron chi connectivity index (χ2n) is 6.09. The van der Waals surface area contributed by atoms with Crippen LogP contribution in [-0.2, 0) is 0 Å². The predicted molar refractivity (Wildman–Crippen MR) is 102 cm³/mol. The molecule has 1 unspecified atom stereocenters. The Kier molecular flexibility index (Phi) is 4.17. The molecule has 0 saturated carbocycles. The largest absolute Gasteiger partial charge is 0.361 e. The molecule has 0 radical (unpaired) electrons. The van der Waals surface area contributed by atoms with Gasteiger partial charge in [-0.3, -0.25) is 0 Å². The van der Waals surface area contributed by atoms with Gasteiger partial charge in [0.1, 0.15) is 5.82 Å². The summed E-state index contributed by atoms with van der Waals surface area (Å²) >= 11 is 0. The molecule has 0 saturated heterocycles. The van der Waals surface area contributed by atoms with E-state index in [1.165, 1.54) is 11.6 Å². The molecule has 0 amide bonds. The second-order valence-corrected chi connectivity index (χ2v) is 6.09. The monoisotopic (exact) mass is 327 g/mol. The Bertz CT molecular complexity index is 1000. The van der Waals surface area contributed by atoms with Crippen LogP contribution in [0.15, 0.2) is 91.1 Å². The van der Waals surface area contributed by atoms with Crippen LogP contribution in [0.25, 0.3) is 17.0 Å². The van der Waals surface area contributed by atoms with Crippen molar-refractivity contribution in [1.82, 2.24) is 4.98 Å². The number of nitrogens with one attached hydrogen (secondary N) is 1. The minimum Gasteiger partial charge on any atom is -0.361 e. The van der Waals surface area contributed by atoms with E-state index in [2.05, 4.69) is 41.4 Å². The van der Waals surface area contributed by atoms with Gasteiger partial charge in [0.05, 0.1) is 0 Å². The number of aromatic amines is 1. The average molecular weight is 327 g/mol. The molecule has 0 fully saturated rings. The first-order chi connectivity index (χ1) is 12.3. The summed E-state index contributed by atoms with van der Waals surface area (Å²) < 4.78 is 13.5. The molecule has 0 bridgehead atoms. The van der Waals surface area contributed by atoms with E-state index in [4.69, 9.17) is 0 Å². The number of fused-ring (bicyclic) bond motifs is 1. The summed E-state index contributed by atoms with van der Waals surface area (Å²) in [6.07, 6.45) is 6.33. The Labute approximate surface area is 146 Å². The van der Waals surface area contributed by atoms with Crippen LogP contribution in [0.5, 0.6) is 0 Å². The van der Waals surface area contributed by atoms with E-state index < -0.39 is 0 Å². The fourth-order valence-electron chi connectivity index (χ4n) is 3.20. The molecular weight excluding hydrogens is 309 g/mol. The molecular formula is C23H18FN. The molecule has 3 aromatic carbocycles. The summed E-state index contributed by atoms with van der Waals surface area (Å²) in [5.41, 5.74) is 4.34. The van der Waals surface area contributed by atoms with Gasteiger partial charge in [-0.1, -0.05) is 72.8 Å². The van der Waals surface area contributed by atoms with Crippen LogP contribution in [-0.4, -0.2) is 4.98 Å². The minimum absolute atomic E-state index is 0.0978. The van der Waals surface area contributed by atoms with Crippen molar-refractivity contribution >= 4 is 17.0 Å². The van der Waals surface area contributed by atoms with Crippen LogP contribution in [0.4, 0.5) is 4.39 Å². The number of hydrogen-bond donors (Lipinski definition) is 1. The smallest absolute Gasteiger partial charge is 0.125 e. The molecule has 1 N–H and O–H groups in total. The van der Waals surface area contributed by atoms with Crippen LogP contribution in [0.3, 0.4) is 0 Å². The van der Waals surface area contributed by atoms with Gasteiger partial charge in [0.25, 0.3) is 0 Å². The Morgan fingerprint density at radius 3 is 2.32 bits per heavy atom. The third-order valence-corrected chi connectivity index (χ3v) is 4.45. The zero-order chi connectivity index (χ0) is 17.1. The number of allylic oxidation sites excluding steroid dienone is 1. The normalized spacial score (nSPS) is 12.7. The van der Waals surface area contributed by atoms with Gasteiger partial charge in [-0.2, -0.15) is 0 Å². The van der Waals surface area contributed by atoms with E-state index in [1.807, 2.05) is 48.7 Å². The third-order valence-electron chi connectivity index (χ3n) is 4.45. The molecule has 1 atom stereocenters. The van der Waals surface area contributed by atoms with Crippen LogP contribution in [0.2, 0.25) is 0 Å². The Hall–Kier alpha value is -3.13. The summed E-state index contributed by atoms with van der Waals surface area (Å²) in [5.74, 6) is -0.127. The van der Waals surface area contributed by atoms with Crippen molar-refractivity contribution in [2.45, 2.75) is 5.92 Å². The number of hydrogen-bond acceptors (Lipinski definition) is 0. The van der Waals surface area contributed by atoms with Gasteiger partial charge in [0.2, 0.25) is 0 Å². The first-order valence-electron chi connectivity index (χ1n) is 8.36. The molecule has 4 rings (SSSR count). The van der Waals surface area contributed by atoms with E-state index in [-0.39, 0.29) is 11.7 Å². The van der Waals surface area contributed by atoms with Crippen LogP contribution in [0.1, 0.15) is 22.6 Å². The molecule has 0 aliphatic carbocycles. The zero-order valence-electron chi connectivity index (χ0n) is 13.7. The fraction of sp³-hybridized carbons (Fsp3) is 0.0435. The molecule has 0 spiro atoms. The number of rotatable bonds is 4. The van der Waals surface area contributed by atoms with E-state index in [9.17, 15) is 4.39 Å². The number of H-pyrrole nitrogens is 1. The van der Waals surface area contributed by atoms with Crippen LogP contribution >= 0.6 is 0 Å². The first-order valence-corrected chi connectivity index (χ1v) is 8.36. The topological polar surface area (TPSA) is 15.8 Å². The summed E-state index contributed by atoms with van der Waals surface area (Å²) in [6.45, 7) is 0. The molecule has 0 aliphatic rings. The molecule has 122 valence electrons. The molecule has 1 aromatic heterocycles.